The Labute approximate surface area is 184 Å². The number of rotatable bonds is 8. The van der Waals surface area contributed by atoms with Gasteiger partial charge in [-0.3, -0.25) is 9.67 Å². The molecule has 152 valence electrons. The molecule has 0 radical (unpaired) electrons. The number of aryl methyl sites for hydroxylation is 3. The average molecular weight is 504 g/mol. The third-order valence-electron chi connectivity index (χ3n) is 4.44. The summed E-state index contributed by atoms with van der Waals surface area (Å²) in [6, 6.07) is 0.278. The Bertz CT molecular complexity index is 737. The number of nitrogens with one attached hydrogen (secondary N) is 2. The van der Waals surface area contributed by atoms with Crippen LogP contribution in [0.5, 0.6) is 0 Å². The molecule has 2 heterocycles. The molecule has 0 aliphatic rings. The molecule has 6 nitrogen and oxygen atoms in total. The number of aliphatic imine (C=N–C) groups is 1. The molecule has 0 amide bonds. The van der Waals surface area contributed by atoms with Gasteiger partial charge in [0.25, 0.3) is 0 Å². The molecule has 2 rings (SSSR count). The highest BCUT2D eigenvalue weighted by Crippen LogP contribution is 2.14. The molecule has 2 aromatic rings. The first kappa shape index (κ1) is 23.9. The Morgan fingerprint density at radius 3 is 2.63 bits per heavy atom. The summed E-state index contributed by atoms with van der Waals surface area (Å²) >= 11 is 1.74. The summed E-state index contributed by atoms with van der Waals surface area (Å²) in [6.45, 7) is 12.2. The fourth-order valence-electron chi connectivity index (χ4n) is 2.93. The SMILES string of the molecule is CCNC(=NCCc1csc(CC)n1)NC(C)Cc1c(C)nn(C)c1C.I. The zero-order valence-corrected chi connectivity index (χ0v) is 20.4. The van der Waals surface area contributed by atoms with Gasteiger partial charge in [0, 0.05) is 43.7 Å². The first-order chi connectivity index (χ1) is 12.4. The van der Waals surface area contributed by atoms with Crippen molar-refractivity contribution in [1.29, 1.82) is 0 Å². The van der Waals surface area contributed by atoms with Crippen LogP contribution in [0.3, 0.4) is 0 Å². The molecule has 2 aromatic heterocycles. The van der Waals surface area contributed by atoms with Crippen molar-refractivity contribution < 1.29 is 0 Å². The Morgan fingerprint density at radius 2 is 2.07 bits per heavy atom. The molecular formula is C19H33IN6S. The maximum Gasteiger partial charge on any atom is 0.191 e. The second-order valence-corrected chi connectivity index (χ2v) is 7.56. The summed E-state index contributed by atoms with van der Waals surface area (Å²) in [5.41, 5.74) is 4.79. The third-order valence-corrected chi connectivity index (χ3v) is 5.48. The molecule has 0 saturated heterocycles. The lowest BCUT2D eigenvalue weighted by Crippen LogP contribution is -2.43. The van der Waals surface area contributed by atoms with Gasteiger partial charge in [-0.25, -0.2) is 4.98 Å². The maximum atomic E-state index is 4.71. The lowest BCUT2D eigenvalue weighted by Gasteiger charge is -2.18. The van der Waals surface area contributed by atoms with Gasteiger partial charge in [0.2, 0.25) is 0 Å². The summed E-state index contributed by atoms with van der Waals surface area (Å²) in [5, 5.41) is 14.7. The number of hydrogen-bond donors (Lipinski definition) is 2. The standard InChI is InChI=1S/C19H32N6S.HI/c1-7-18-23-16(12-26-18)9-10-21-19(20-8-2)22-13(3)11-17-14(4)24-25(6)15(17)5;/h12-13H,7-11H2,1-6H3,(H2,20,21,22);1H. The number of halogens is 1. The lowest BCUT2D eigenvalue weighted by atomic mass is 10.1. The molecular weight excluding hydrogens is 471 g/mol. The second kappa shape index (κ2) is 11.6. The van der Waals surface area contributed by atoms with E-state index in [1.807, 2.05) is 11.7 Å². The van der Waals surface area contributed by atoms with Gasteiger partial charge in [-0.15, -0.1) is 35.3 Å². The topological polar surface area (TPSA) is 67.1 Å². The van der Waals surface area contributed by atoms with Crippen LogP contribution >= 0.6 is 35.3 Å². The van der Waals surface area contributed by atoms with Crippen LogP contribution in [-0.4, -0.2) is 39.9 Å². The van der Waals surface area contributed by atoms with E-state index in [4.69, 9.17) is 4.99 Å². The maximum absolute atomic E-state index is 4.71. The molecule has 0 aromatic carbocycles. The minimum absolute atomic E-state index is 0. The predicted molar refractivity (Wildman–Crippen MR) is 126 cm³/mol. The van der Waals surface area contributed by atoms with Crippen LogP contribution in [0.25, 0.3) is 0 Å². The first-order valence-corrected chi connectivity index (χ1v) is 10.3. The van der Waals surface area contributed by atoms with Crippen LogP contribution in [0.2, 0.25) is 0 Å². The molecule has 0 saturated carbocycles. The Kier molecular flexibility index (Phi) is 10.3. The smallest absolute Gasteiger partial charge is 0.191 e. The van der Waals surface area contributed by atoms with E-state index in [9.17, 15) is 0 Å². The van der Waals surface area contributed by atoms with Crippen molar-refractivity contribution in [2.24, 2.45) is 12.0 Å². The van der Waals surface area contributed by atoms with E-state index in [0.717, 1.165) is 49.7 Å². The molecule has 1 unspecified atom stereocenters. The molecule has 27 heavy (non-hydrogen) atoms. The zero-order chi connectivity index (χ0) is 19.1. The van der Waals surface area contributed by atoms with E-state index in [-0.39, 0.29) is 30.0 Å². The minimum Gasteiger partial charge on any atom is -0.357 e. The highest BCUT2D eigenvalue weighted by molar-refractivity contribution is 14.0. The van der Waals surface area contributed by atoms with Crippen molar-refractivity contribution in [3.8, 4) is 0 Å². The van der Waals surface area contributed by atoms with E-state index < -0.39 is 0 Å². The van der Waals surface area contributed by atoms with Gasteiger partial charge in [-0.2, -0.15) is 5.10 Å². The Balaban J connectivity index is 0.00000364. The predicted octanol–water partition coefficient (Wildman–Crippen LogP) is 3.40. The van der Waals surface area contributed by atoms with Crippen molar-refractivity contribution >= 4 is 41.3 Å². The molecule has 0 bridgehead atoms. The van der Waals surface area contributed by atoms with Crippen LogP contribution in [0, 0.1) is 13.8 Å². The van der Waals surface area contributed by atoms with Gasteiger partial charge < -0.3 is 10.6 Å². The van der Waals surface area contributed by atoms with Gasteiger partial charge in [0.05, 0.1) is 16.4 Å². The number of nitrogens with zero attached hydrogens (tertiary/aromatic N) is 4. The van der Waals surface area contributed by atoms with Gasteiger partial charge in [0.15, 0.2) is 5.96 Å². The summed E-state index contributed by atoms with van der Waals surface area (Å²) in [4.78, 5) is 9.32. The monoisotopic (exact) mass is 504 g/mol. The van der Waals surface area contributed by atoms with Gasteiger partial charge in [-0.1, -0.05) is 6.92 Å². The normalized spacial score (nSPS) is 12.6. The molecule has 1 atom stereocenters. The van der Waals surface area contributed by atoms with Crippen LogP contribution in [0.15, 0.2) is 10.4 Å². The summed E-state index contributed by atoms with van der Waals surface area (Å²) in [5.74, 6) is 0.866. The zero-order valence-electron chi connectivity index (χ0n) is 17.3. The van der Waals surface area contributed by atoms with E-state index in [2.05, 4.69) is 60.7 Å². The molecule has 0 spiro atoms. The summed E-state index contributed by atoms with van der Waals surface area (Å²) in [6.07, 6.45) is 2.81. The number of aromatic nitrogens is 3. The van der Waals surface area contributed by atoms with Crippen LogP contribution in [0.4, 0.5) is 0 Å². The molecule has 0 aliphatic heterocycles. The minimum atomic E-state index is 0. The summed E-state index contributed by atoms with van der Waals surface area (Å²) in [7, 11) is 2.00. The van der Waals surface area contributed by atoms with Gasteiger partial charge in [0.1, 0.15) is 0 Å². The van der Waals surface area contributed by atoms with Crippen molar-refractivity contribution in [3.63, 3.8) is 0 Å². The third kappa shape index (κ3) is 7.06. The largest absolute Gasteiger partial charge is 0.357 e. The molecule has 2 N–H and O–H groups in total. The van der Waals surface area contributed by atoms with E-state index in [0.29, 0.717) is 0 Å². The Morgan fingerprint density at radius 1 is 1.33 bits per heavy atom. The van der Waals surface area contributed by atoms with Crippen LogP contribution in [-0.2, 0) is 26.3 Å². The number of hydrogen-bond acceptors (Lipinski definition) is 4. The van der Waals surface area contributed by atoms with Crippen molar-refractivity contribution in [2.45, 2.75) is 59.9 Å². The Hall–Kier alpha value is -1.16. The van der Waals surface area contributed by atoms with Crippen LogP contribution in [0.1, 0.15) is 48.4 Å². The van der Waals surface area contributed by atoms with Crippen molar-refractivity contribution in [2.75, 3.05) is 13.1 Å². The summed E-state index contributed by atoms with van der Waals surface area (Å²) < 4.78 is 1.95. The fraction of sp³-hybridized carbons (Fsp3) is 0.632. The van der Waals surface area contributed by atoms with Crippen LogP contribution < -0.4 is 10.6 Å². The first-order valence-electron chi connectivity index (χ1n) is 9.41. The fourth-order valence-corrected chi connectivity index (χ4v) is 3.71. The van der Waals surface area contributed by atoms with Crippen molar-refractivity contribution in [3.05, 3.63) is 33.0 Å². The van der Waals surface area contributed by atoms with Gasteiger partial charge in [-0.05, 0) is 46.1 Å². The van der Waals surface area contributed by atoms with E-state index in [1.54, 1.807) is 11.3 Å². The van der Waals surface area contributed by atoms with E-state index in [1.165, 1.54) is 16.3 Å². The van der Waals surface area contributed by atoms with E-state index >= 15 is 0 Å². The number of thiazole rings is 1. The average Bonchev–Trinajstić information content (AvgIpc) is 3.15. The number of guanidine groups is 1. The van der Waals surface area contributed by atoms with Crippen molar-refractivity contribution in [1.82, 2.24) is 25.4 Å². The molecule has 0 fully saturated rings. The highest BCUT2D eigenvalue weighted by Gasteiger charge is 2.14. The highest BCUT2D eigenvalue weighted by atomic mass is 127. The lowest BCUT2D eigenvalue weighted by molar-refractivity contribution is 0.635. The van der Waals surface area contributed by atoms with Gasteiger partial charge >= 0.3 is 0 Å². The quantitative estimate of drug-likeness (QED) is 0.329. The second-order valence-electron chi connectivity index (χ2n) is 6.62. The molecule has 8 heteroatoms. The molecule has 0 aliphatic carbocycles.